The van der Waals surface area contributed by atoms with Gasteiger partial charge in [-0.15, -0.1) is 0 Å². The van der Waals surface area contributed by atoms with Crippen molar-refractivity contribution in [3.63, 3.8) is 0 Å². The summed E-state index contributed by atoms with van der Waals surface area (Å²) >= 11 is 11.9. The van der Waals surface area contributed by atoms with Gasteiger partial charge in [0.25, 0.3) is 17.5 Å². The van der Waals surface area contributed by atoms with Crippen LogP contribution in [-0.2, 0) is 0 Å². The molecule has 3 aromatic carbocycles. The van der Waals surface area contributed by atoms with E-state index in [0.717, 1.165) is 0 Å². The highest BCUT2D eigenvalue weighted by molar-refractivity contribution is 6.37. The molecular weight excluding hydrogens is 443 g/mol. The van der Waals surface area contributed by atoms with E-state index in [4.69, 9.17) is 23.2 Å². The minimum atomic E-state index is -0.501. The first-order valence-corrected chi connectivity index (χ1v) is 9.53. The first-order valence-electron chi connectivity index (χ1n) is 8.78. The molecule has 3 aromatic rings. The van der Waals surface area contributed by atoms with Crippen LogP contribution in [0.2, 0.25) is 10.0 Å². The fraction of sp³-hybridized carbons (Fsp3) is 0. The second-order valence-corrected chi connectivity index (χ2v) is 7.05. The van der Waals surface area contributed by atoms with Crippen LogP contribution in [0.25, 0.3) is 0 Å². The molecule has 0 saturated carbocycles. The highest BCUT2D eigenvalue weighted by atomic mass is 35.5. The molecule has 0 aliphatic rings. The van der Waals surface area contributed by atoms with Crippen molar-refractivity contribution in [1.82, 2.24) is 5.43 Å². The van der Waals surface area contributed by atoms with Crippen molar-refractivity contribution in [1.29, 1.82) is 0 Å². The number of nitrogens with one attached hydrogen (secondary N) is 2. The Morgan fingerprint density at radius 2 is 1.61 bits per heavy atom. The lowest BCUT2D eigenvalue weighted by molar-refractivity contribution is -0.384. The predicted octanol–water partition coefficient (Wildman–Crippen LogP) is 4.92. The van der Waals surface area contributed by atoms with Crippen LogP contribution in [0.4, 0.5) is 11.4 Å². The Kier molecular flexibility index (Phi) is 6.96. The maximum absolute atomic E-state index is 12.3. The van der Waals surface area contributed by atoms with Crippen molar-refractivity contribution in [3.05, 3.63) is 104 Å². The van der Waals surface area contributed by atoms with E-state index in [9.17, 15) is 19.7 Å². The van der Waals surface area contributed by atoms with Crippen LogP contribution in [0.1, 0.15) is 26.3 Å². The van der Waals surface area contributed by atoms with Gasteiger partial charge in [-0.25, -0.2) is 5.43 Å². The third kappa shape index (κ3) is 5.88. The van der Waals surface area contributed by atoms with E-state index < -0.39 is 16.7 Å². The molecule has 0 aromatic heterocycles. The van der Waals surface area contributed by atoms with E-state index in [0.29, 0.717) is 21.8 Å². The predicted molar refractivity (Wildman–Crippen MR) is 119 cm³/mol. The number of halogens is 2. The zero-order chi connectivity index (χ0) is 22.4. The molecule has 156 valence electrons. The van der Waals surface area contributed by atoms with Gasteiger partial charge in [-0.05, 0) is 60.2 Å². The summed E-state index contributed by atoms with van der Waals surface area (Å²) in [4.78, 5) is 34.6. The monoisotopic (exact) mass is 456 g/mol. The van der Waals surface area contributed by atoms with Crippen LogP contribution in [0.15, 0.2) is 71.8 Å². The van der Waals surface area contributed by atoms with E-state index in [1.165, 1.54) is 54.7 Å². The van der Waals surface area contributed by atoms with Gasteiger partial charge in [0.05, 0.1) is 21.7 Å². The van der Waals surface area contributed by atoms with Crippen molar-refractivity contribution in [2.24, 2.45) is 5.10 Å². The van der Waals surface area contributed by atoms with Crippen molar-refractivity contribution in [2.45, 2.75) is 0 Å². The van der Waals surface area contributed by atoms with Gasteiger partial charge in [0.1, 0.15) is 0 Å². The molecule has 0 atom stereocenters. The van der Waals surface area contributed by atoms with Crippen molar-refractivity contribution in [3.8, 4) is 0 Å². The molecule has 8 nitrogen and oxygen atoms in total. The molecular formula is C21H14Cl2N4O4. The number of amides is 2. The SMILES string of the molecule is O=C(NN=Cc1ccc([N+](=O)[O-])cc1)c1ccc(NC(=O)c2ccc(Cl)cc2Cl)cc1. The van der Waals surface area contributed by atoms with Gasteiger partial charge < -0.3 is 5.32 Å². The third-order valence-corrected chi connectivity index (χ3v) is 4.61. The van der Waals surface area contributed by atoms with E-state index in [1.807, 2.05) is 0 Å². The average Bonchev–Trinajstić information content (AvgIpc) is 2.74. The Hall–Kier alpha value is -3.75. The lowest BCUT2D eigenvalue weighted by atomic mass is 10.1. The minimum Gasteiger partial charge on any atom is -0.322 e. The van der Waals surface area contributed by atoms with Gasteiger partial charge in [-0.1, -0.05) is 23.2 Å². The van der Waals surface area contributed by atoms with Gasteiger partial charge in [0.2, 0.25) is 0 Å². The summed E-state index contributed by atoms with van der Waals surface area (Å²) in [6.45, 7) is 0. The molecule has 2 amide bonds. The molecule has 2 N–H and O–H groups in total. The minimum absolute atomic E-state index is 0.0355. The molecule has 0 bridgehead atoms. The number of carbonyl (C=O) groups is 2. The Morgan fingerprint density at radius 3 is 2.23 bits per heavy atom. The quantitative estimate of drug-likeness (QED) is 0.311. The number of hydrazone groups is 1. The summed E-state index contributed by atoms with van der Waals surface area (Å²) in [5.74, 6) is -0.872. The van der Waals surface area contributed by atoms with Gasteiger partial charge >= 0.3 is 0 Å². The highest BCUT2D eigenvalue weighted by Crippen LogP contribution is 2.22. The van der Waals surface area contributed by atoms with E-state index in [-0.39, 0.29) is 16.3 Å². The molecule has 0 aliphatic heterocycles. The number of hydrogen-bond donors (Lipinski definition) is 2. The van der Waals surface area contributed by atoms with Crippen molar-refractivity contribution >= 4 is 52.6 Å². The number of anilines is 1. The second kappa shape index (κ2) is 9.84. The summed E-state index contributed by atoms with van der Waals surface area (Å²) in [5, 5.41) is 17.8. The fourth-order valence-corrected chi connectivity index (χ4v) is 2.98. The summed E-state index contributed by atoms with van der Waals surface area (Å²) < 4.78 is 0. The summed E-state index contributed by atoms with van der Waals surface area (Å²) in [7, 11) is 0. The molecule has 3 rings (SSSR count). The Labute approximate surface area is 186 Å². The largest absolute Gasteiger partial charge is 0.322 e. The van der Waals surface area contributed by atoms with Gasteiger partial charge in [-0.3, -0.25) is 19.7 Å². The molecule has 0 spiro atoms. The molecule has 0 radical (unpaired) electrons. The van der Waals surface area contributed by atoms with E-state index in [1.54, 1.807) is 18.2 Å². The van der Waals surface area contributed by atoms with Gasteiger partial charge in [0, 0.05) is 28.4 Å². The zero-order valence-electron chi connectivity index (χ0n) is 15.7. The number of rotatable bonds is 6. The Balaban J connectivity index is 1.58. The number of carbonyl (C=O) groups excluding carboxylic acids is 2. The lowest BCUT2D eigenvalue weighted by Gasteiger charge is -2.08. The first kappa shape index (κ1) is 21.9. The van der Waals surface area contributed by atoms with Gasteiger partial charge in [0.15, 0.2) is 0 Å². The molecule has 0 heterocycles. The van der Waals surface area contributed by atoms with Crippen LogP contribution in [0.3, 0.4) is 0 Å². The molecule has 31 heavy (non-hydrogen) atoms. The molecule has 0 saturated heterocycles. The maximum Gasteiger partial charge on any atom is 0.271 e. The van der Waals surface area contributed by atoms with Gasteiger partial charge in [-0.2, -0.15) is 5.10 Å². The number of nitro benzene ring substituents is 1. The van der Waals surface area contributed by atoms with Crippen LogP contribution < -0.4 is 10.7 Å². The number of benzene rings is 3. The van der Waals surface area contributed by atoms with Crippen LogP contribution in [0, 0.1) is 10.1 Å². The number of nitrogens with zero attached hydrogens (tertiary/aromatic N) is 2. The van der Waals surface area contributed by atoms with Crippen LogP contribution in [-0.4, -0.2) is 23.0 Å². The number of nitro groups is 1. The van der Waals surface area contributed by atoms with Crippen molar-refractivity contribution in [2.75, 3.05) is 5.32 Å². The fourth-order valence-electron chi connectivity index (χ4n) is 2.49. The summed E-state index contributed by atoms with van der Waals surface area (Å²) in [5.41, 5.74) is 3.98. The summed E-state index contributed by atoms with van der Waals surface area (Å²) in [6, 6.07) is 16.4. The zero-order valence-corrected chi connectivity index (χ0v) is 17.2. The summed E-state index contributed by atoms with van der Waals surface area (Å²) in [6.07, 6.45) is 1.37. The Bertz CT molecular complexity index is 1160. The highest BCUT2D eigenvalue weighted by Gasteiger charge is 2.12. The normalized spacial score (nSPS) is 10.6. The molecule has 0 fully saturated rings. The smallest absolute Gasteiger partial charge is 0.271 e. The van der Waals surface area contributed by atoms with E-state index >= 15 is 0 Å². The van der Waals surface area contributed by atoms with Crippen LogP contribution in [0.5, 0.6) is 0 Å². The van der Waals surface area contributed by atoms with Crippen molar-refractivity contribution < 1.29 is 14.5 Å². The third-order valence-electron chi connectivity index (χ3n) is 4.06. The lowest BCUT2D eigenvalue weighted by Crippen LogP contribution is -2.18. The number of non-ortho nitro benzene ring substituents is 1. The second-order valence-electron chi connectivity index (χ2n) is 6.20. The molecule has 10 heteroatoms. The Morgan fingerprint density at radius 1 is 0.935 bits per heavy atom. The van der Waals surface area contributed by atoms with E-state index in [2.05, 4.69) is 15.8 Å². The first-order chi connectivity index (χ1) is 14.8. The molecule has 0 aliphatic carbocycles. The standard InChI is InChI=1S/C21H14Cl2N4O4/c22-15-5-10-18(19(23)11-15)21(29)25-16-6-3-14(4-7-16)20(28)26-24-12-13-1-8-17(9-2-13)27(30)31/h1-12H,(H,25,29)(H,26,28). The average molecular weight is 457 g/mol. The number of hydrogen-bond acceptors (Lipinski definition) is 5. The topological polar surface area (TPSA) is 114 Å². The maximum atomic E-state index is 12.3. The molecule has 0 unspecified atom stereocenters. The van der Waals surface area contributed by atoms with Crippen LogP contribution >= 0.6 is 23.2 Å².